The molecule has 0 N–H and O–H groups in total. The maximum Gasteiger partial charge on any atom is 0.353 e. The van der Waals surface area contributed by atoms with E-state index in [1.807, 2.05) is 0 Å². The van der Waals surface area contributed by atoms with Crippen LogP contribution in [0.2, 0.25) is 0 Å². The minimum Gasteiger partial charge on any atom is -0.463 e. The lowest BCUT2D eigenvalue weighted by atomic mass is 10.0. The van der Waals surface area contributed by atoms with Crippen LogP contribution in [-0.4, -0.2) is 30.0 Å². The highest BCUT2D eigenvalue weighted by atomic mass is 32.1. The molecule has 5 heteroatoms. The van der Waals surface area contributed by atoms with E-state index in [2.05, 4.69) is 6.92 Å². The molecule has 18 heavy (non-hydrogen) atoms. The molecule has 1 aliphatic heterocycles. The van der Waals surface area contributed by atoms with Gasteiger partial charge in [0.25, 0.3) is 0 Å². The van der Waals surface area contributed by atoms with Crippen LogP contribution in [0.15, 0.2) is 0 Å². The van der Waals surface area contributed by atoms with Gasteiger partial charge in [0.15, 0.2) is 6.10 Å². The summed E-state index contributed by atoms with van der Waals surface area (Å²) in [7, 11) is 0. The fourth-order valence-electron chi connectivity index (χ4n) is 1.98. The van der Waals surface area contributed by atoms with Gasteiger partial charge in [-0.15, -0.1) is 0 Å². The zero-order valence-corrected chi connectivity index (χ0v) is 12.0. The van der Waals surface area contributed by atoms with E-state index in [-0.39, 0.29) is 17.3 Å². The third-order valence-corrected chi connectivity index (χ3v) is 3.11. The second kappa shape index (κ2) is 8.29. The van der Waals surface area contributed by atoms with Gasteiger partial charge < -0.3 is 14.2 Å². The third kappa shape index (κ3) is 4.80. The number of esters is 1. The van der Waals surface area contributed by atoms with Crippen LogP contribution in [0.5, 0.6) is 0 Å². The minimum atomic E-state index is -0.677. The Kier molecular flexibility index (Phi) is 7.01. The largest absolute Gasteiger partial charge is 0.463 e. The molecule has 0 unspecified atom stereocenters. The normalized spacial score (nSPS) is 22.4. The van der Waals surface area contributed by atoms with Crippen LogP contribution in [0.25, 0.3) is 0 Å². The van der Waals surface area contributed by atoms with Crippen LogP contribution in [0.4, 0.5) is 0 Å². The van der Waals surface area contributed by atoms with E-state index in [0.717, 1.165) is 19.3 Å². The molecule has 0 radical (unpaired) electrons. The number of thiocarbonyl (C=S) groups is 1. The maximum atomic E-state index is 11.6. The summed E-state index contributed by atoms with van der Waals surface area (Å²) in [5.41, 5.74) is 0. The molecule has 0 amide bonds. The molecule has 1 aliphatic rings. The number of rotatable bonds is 8. The highest BCUT2D eigenvalue weighted by Crippen LogP contribution is 2.22. The van der Waals surface area contributed by atoms with Gasteiger partial charge in [-0.05, 0) is 19.8 Å². The summed E-state index contributed by atoms with van der Waals surface area (Å²) < 4.78 is 15.5. The van der Waals surface area contributed by atoms with Crippen molar-refractivity contribution < 1.29 is 19.0 Å². The maximum absolute atomic E-state index is 11.6. The van der Waals surface area contributed by atoms with Gasteiger partial charge in [-0.2, -0.15) is 0 Å². The van der Waals surface area contributed by atoms with Crippen LogP contribution in [0, 0.1) is 0 Å². The molecular weight excluding hydrogens is 252 g/mol. The lowest BCUT2D eigenvalue weighted by molar-refractivity contribution is -0.152. The summed E-state index contributed by atoms with van der Waals surface area (Å²) in [4.78, 5) is 11.6. The van der Waals surface area contributed by atoms with Crippen LogP contribution < -0.4 is 0 Å². The van der Waals surface area contributed by atoms with Crippen molar-refractivity contribution in [3.8, 4) is 0 Å². The summed E-state index contributed by atoms with van der Waals surface area (Å²) in [5, 5.41) is 0.0617. The molecular formula is C13H22O4S. The molecule has 0 spiro atoms. The molecule has 0 aliphatic carbocycles. The number of hydrogen-bond donors (Lipinski definition) is 0. The van der Waals surface area contributed by atoms with Crippen molar-refractivity contribution in [1.82, 2.24) is 0 Å². The monoisotopic (exact) mass is 274 g/mol. The third-order valence-electron chi connectivity index (χ3n) is 2.92. The Morgan fingerprint density at radius 2 is 1.94 bits per heavy atom. The van der Waals surface area contributed by atoms with Gasteiger partial charge in [-0.3, -0.25) is 0 Å². The van der Waals surface area contributed by atoms with E-state index in [4.69, 9.17) is 26.4 Å². The quantitative estimate of drug-likeness (QED) is 0.387. The predicted octanol–water partition coefficient (Wildman–Crippen LogP) is 2.98. The number of unbranched alkanes of at least 4 members (excludes halogenated alkanes) is 4. The minimum absolute atomic E-state index is 0.0617. The highest BCUT2D eigenvalue weighted by Gasteiger charge is 2.40. The van der Waals surface area contributed by atoms with Crippen molar-refractivity contribution in [3.63, 3.8) is 0 Å². The Bertz CT molecular complexity index is 280. The smallest absolute Gasteiger partial charge is 0.353 e. The van der Waals surface area contributed by atoms with Crippen molar-refractivity contribution in [2.24, 2.45) is 0 Å². The zero-order valence-electron chi connectivity index (χ0n) is 11.1. The first-order chi connectivity index (χ1) is 8.69. The van der Waals surface area contributed by atoms with Crippen LogP contribution in [0.3, 0.4) is 0 Å². The Hall–Kier alpha value is -0.840. The molecule has 1 heterocycles. The molecule has 0 aromatic heterocycles. The molecule has 0 bridgehead atoms. The molecule has 4 nitrogen and oxygen atoms in total. The van der Waals surface area contributed by atoms with Gasteiger partial charge in [0, 0.05) is 12.2 Å². The molecule has 1 rings (SSSR count). The fraction of sp³-hybridized carbons (Fsp3) is 0.846. The lowest BCUT2D eigenvalue weighted by Gasteiger charge is -2.14. The Morgan fingerprint density at radius 3 is 2.61 bits per heavy atom. The molecule has 0 saturated carbocycles. The number of hydrogen-bond acceptors (Lipinski definition) is 5. The van der Waals surface area contributed by atoms with Crippen molar-refractivity contribution in [2.75, 3.05) is 6.61 Å². The number of carbonyl (C=O) groups excluding carboxylic acids is 1. The molecule has 104 valence electrons. The molecule has 1 saturated heterocycles. The zero-order chi connectivity index (χ0) is 13.4. The summed E-state index contributed by atoms with van der Waals surface area (Å²) >= 11 is 4.84. The predicted molar refractivity (Wildman–Crippen MR) is 72.4 cm³/mol. The van der Waals surface area contributed by atoms with Crippen molar-refractivity contribution in [3.05, 3.63) is 0 Å². The molecule has 0 aromatic rings. The summed E-state index contributed by atoms with van der Waals surface area (Å²) in [6.45, 7) is 4.30. The van der Waals surface area contributed by atoms with Crippen molar-refractivity contribution in [1.29, 1.82) is 0 Å². The van der Waals surface area contributed by atoms with Crippen LogP contribution in [-0.2, 0) is 19.0 Å². The molecule has 2 atom stereocenters. The Balaban J connectivity index is 2.32. The number of carbonyl (C=O) groups is 1. The molecule has 1 fully saturated rings. The molecule has 0 aromatic carbocycles. The fourth-order valence-corrected chi connectivity index (χ4v) is 2.20. The second-order valence-corrected chi connectivity index (χ2v) is 4.73. The lowest BCUT2D eigenvalue weighted by Crippen LogP contribution is -2.33. The Morgan fingerprint density at radius 1 is 1.22 bits per heavy atom. The first-order valence-corrected chi connectivity index (χ1v) is 7.13. The van der Waals surface area contributed by atoms with Crippen molar-refractivity contribution in [2.45, 2.75) is 64.6 Å². The second-order valence-electron chi connectivity index (χ2n) is 4.40. The SMILES string of the molecule is CCCCCCC[C@@H]1OC(=S)O[C@H]1C(=O)OCC. The van der Waals surface area contributed by atoms with Gasteiger partial charge in [0.05, 0.1) is 6.61 Å². The van der Waals surface area contributed by atoms with E-state index >= 15 is 0 Å². The average Bonchev–Trinajstić information content (AvgIpc) is 2.71. The van der Waals surface area contributed by atoms with Gasteiger partial charge in [-0.1, -0.05) is 32.6 Å². The first-order valence-electron chi connectivity index (χ1n) is 6.73. The van der Waals surface area contributed by atoms with Gasteiger partial charge in [-0.25, -0.2) is 4.79 Å². The van der Waals surface area contributed by atoms with E-state index in [0.29, 0.717) is 6.61 Å². The van der Waals surface area contributed by atoms with Gasteiger partial charge in [0.1, 0.15) is 0 Å². The van der Waals surface area contributed by atoms with Gasteiger partial charge >= 0.3 is 11.2 Å². The first kappa shape index (κ1) is 15.2. The average molecular weight is 274 g/mol. The summed E-state index contributed by atoms with van der Waals surface area (Å²) in [6.07, 6.45) is 5.69. The number of ether oxygens (including phenoxy) is 3. The van der Waals surface area contributed by atoms with Crippen LogP contribution in [0.1, 0.15) is 52.4 Å². The van der Waals surface area contributed by atoms with Crippen molar-refractivity contribution >= 4 is 23.4 Å². The van der Waals surface area contributed by atoms with E-state index in [1.165, 1.54) is 19.3 Å². The summed E-state index contributed by atoms with van der Waals surface area (Å²) in [5.74, 6) is -0.379. The summed E-state index contributed by atoms with van der Waals surface area (Å²) in [6, 6.07) is 0. The topological polar surface area (TPSA) is 44.8 Å². The standard InChI is InChI=1S/C13H22O4S/c1-3-5-6-7-8-9-10-11(12(14)15-4-2)17-13(18)16-10/h10-11H,3-9H2,1-2H3/t10-,11+/m0/s1. The van der Waals surface area contributed by atoms with E-state index in [9.17, 15) is 4.79 Å². The van der Waals surface area contributed by atoms with Crippen LogP contribution >= 0.6 is 12.2 Å². The van der Waals surface area contributed by atoms with E-state index in [1.54, 1.807) is 6.92 Å². The highest BCUT2D eigenvalue weighted by molar-refractivity contribution is 7.79. The van der Waals surface area contributed by atoms with E-state index < -0.39 is 6.10 Å². The Labute approximate surface area is 114 Å². The van der Waals surface area contributed by atoms with Gasteiger partial charge in [0.2, 0.25) is 6.10 Å².